The number of nitrogens with one attached hydrogen (secondary N) is 1. The van der Waals surface area contributed by atoms with Gasteiger partial charge in [-0.25, -0.2) is 9.37 Å². The van der Waals surface area contributed by atoms with Crippen LogP contribution in [0.3, 0.4) is 0 Å². The Kier molecular flexibility index (Phi) is 4.16. The first kappa shape index (κ1) is 12.6. The van der Waals surface area contributed by atoms with E-state index >= 15 is 0 Å². The van der Waals surface area contributed by atoms with Gasteiger partial charge in [-0.3, -0.25) is 0 Å². The number of nitrogens with two attached hydrogens (primary N) is 1. The summed E-state index contributed by atoms with van der Waals surface area (Å²) < 4.78 is 13.9. The molecule has 0 unspecified atom stereocenters. The Morgan fingerprint density at radius 1 is 1.47 bits per heavy atom. The minimum atomic E-state index is -0.253. The number of nitrogens with zero attached hydrogens (tertiary/aromatic N) is 1. The summed E-state index contributed by atoms with van der Waals surface area (Å²) in [7, 11) is 0. The van der Waals surface area contributed by atoms with Crippen LogP contribution in [0.15, 0.2) is 23.7 Å². The normalized spacial score (nSPS) is 10.5. The SMILES string of the molecule is Nc1cc(I)c(F)cc1NCCc1nccs1. The Morgan fingerprint density at radius 3 is 3.00 bits per heavy atom. The number of rotatable bonds is 4. The molecule has 6 heteroatoms. The van der Waals surface area contributed by atoms with Gasteiger partial charge in [0.1, 0.15) is 5.82 Å². The van der Waals surface area contributed by atoms with Gasteiger partial charge in [0.2, 0.25) is 0 Å². The fourth-order valence-electron chi connectivity index (χ4n) is 1.40. The van der Waals surface area contributed by atoms with E-state index in [2.05, 4.69) is 10.3 Å². The van der Waals surface area contributed by atoms with Crippen molar-refractivity contribution in [2.24, 2.45) is 0 Å². The van der Waals surface area contributed by atoms with Crippen molar-refractivity contribution in [3.05, 3.63) is 38.1 Å². The highest BCUT2D eigenvalue weighted by Crippen LogP contribution is 2.24. The standard InChI is InChI=1S/C11H11FIN3S/c12-7-5-10(9(14)6-8(7)13)15-2-1-11-16-3-4-17-11/h3-6,15H,1-2,14H2. The van der Waals surface area contributed by atoms with Crippen LogP contribution >= 0.6 is 33.9 Å². The molecular formula is C11H11FIN3S. The molecule has 2 aromatic rings. The third-order valence-electron chi connectivity index (χ3n) is 2.23. The maximum atomic E-state index is 13.3. The van der Waals surface area contributed by atoms with Crippen molar-refractivity contribution in [1.82, 2.24) is 4.98 Å². The lowest BCUT2D eigenvalue weighted by Gasteiger charge is -2.09. The highest BCUT2D eigenvalue weighted by atomic mass is 127. The molecule has 0 spiro atoms. The van der Waals surface area contributed by atoms with Crippen LogP contribution in [0.1, 0.15) is 5.01 Å². The Balaban J connectivity index is 1.97. The molecule has 17 heavy (non-hydrogen) atoms. The number of hydrogen-bond acceptors (Lipinski definition) is 4. The fraction of sp³-hybridized carbons (Fsp3) is 0.182. The van der Waals surface area contributed by atoms with Crippen molar-refractivity contribution in [2.75, 3.05) is 17.6 Å². The van der Waals surface area contributed by atoms with E-state index < -0.39 is 0 Å². The number of nitrogen functional groups attached to an aromatic ring is 1. The van der Waals surface area contributed by atoms with Gasteiger partial charge in [0.05, 0.1) is 20.0 Å². The zero-order valence-electron chi connectivity index (χ0n) is 8.91. The van der Waals surface area contributed by atoms with Gasteiger partial charge in [-0.2, -0.15) is 0 Å². The second-order valence-electron chi connectivity index (χ2n) is 3.46. The largest absolute Gasteiger partial charge is 0.397 e. The molecule has 1 heterocycles. The summed E-state index contributed by atoms with van der Waals surface area (Å²) >= 11 is 3.53. The van der Waals surface area contributed by atoms with E-state index in [0.717, 1.165) is 11.4 Å². The predicted molar refractivity (Wildman–Crippen MR) is 77.8 cm³/mol. The summed E-state index contributed by atoms with van der Waals surface area (Å²) in [6.45, 7) is 0.692. The van der Waals surface area contributed by atoms with Crippen molar-refractivity contribution >= 4 is 45.3 Å². The van der Waals surface area contributed by atoms with Gasteiger partial charge in [-0.1, -0.05) is 0 Å². The Morgan fingerprint density at radius 2 is 2.29 bits per heavy atom. The van der Waals surface area contributed by atoms with Gasteiger partial charge < -0.3 is 11.1 Å². The highest BCUT2D eigenvalue weighted by molar-refractivity contribution is 14.1. The molecule has 0 aliphatic carbocycles. The van der Waals surface area contributed by atoms with Gasteiger partial charge in [0, 0.05) is 30.6 Å². The van der Waals surface area contributed by atoms with Crippen LogP contribution in [0.25, 0.3) is 0 Å². The summed E-state index contributed by atoms with van der Waals surface area (Å²) in [4.78, 5) is 4.17. The lowest BCUT2D eigenvalue weighted by atomic mass is 10.2. The molecule has 3 N–H and O–H groups in total. The topological polar surface area (TPSA) is 50.9 Å². The van der Waals surface area contributed by atoms with E-state index in [1.807, 2.05) is 28.0 Å². The average Bonchev–Trinajstić information content (AvgIpc) is 2.78. The van der Waals surface area contributed by atoms with Gasteiger partial charge in [0.15, 0.2) is 0 Å². The third-order valence-corrected chi connectivity index (χ3v) is 3.90. The second-order valence-corrected chi connectivity index (χ2v) is 5.60. The maximum Gasteiger partial charge on any atom is 0.138 e. The van der Waals surface area contributed by atoms with Crippen molar-refractivity contribution < 1.29 is 4.39 Å². The van der Waals surface area contributed by atoms with Crippen LogP contribution in [-0.2, 0) is 6.42 Å². The monoisotopic (exact) mass is 363 g/mol. The summed E-state index contributed by atoms with van der Waals surface area (Å²) in [6, 6.07) is 3.06. The molecule has 0 aliphatic heterocycles. The lowest BCUT2D eigenvalue weighted by molar-refractivity contribution is 0.621. The molecule has 0 amide bonds. The number of halogens is 2. The van der Waals surface area contributed by atoms with Crippen molar-refractivity contribution in [2.45, 2.75) is 6.42 Å². The maximum absolute atomic E-state index is 13.3. The van der Waals surface area contributed by atoms with Crippen LogP contribution < -0.4 is 11.1 Å². The van der Waals surface area contributed by atoms with Crippen molar-refractivity contribution in [1.29, 1.82) is 0 Å². The van der Waals surface area contributed by atoms with E-state index in [4.69, 9.17) is 5.73 Å². The molecule has 0 radical (unpaired) electrons. The third kappa shape index (κ3) is 3.29. The van der Waals surface area contributed by atoms with Gasteiger partial charge in [0.25, 0.3) is 0 Å². The summed E-state index contributed by atoms with van der Waals surface area (Å²) in [5.41, 5.74) is 7.01. The Labute approximate surface area is 116 Å². The van der Waals surface area contributed by atoms with E-state index in [0.29, 0.717) is 21.5 Å². The van der Waals surface area contributed by atoms with Crippen molar-refractivity contribution in [3.63, 3.8) is 0 Å². The zero-order chi connectivity index (χ0) is 12.3. The van der Waals surface area contributed by atoms with E-state index in [-0.39, 0.29) is 5.82 Å². The smallest absolute Gasteiger partial charge is 0.138 e. The molecule has 1 aromatic carbocycles. The minimum absolute atomic E-state index is 0.253. The molecule has 0 saturated heterocycles. The first-order chi connectivity index (χ1) is 8.16. The summed E-state index contributed by atoms with van der Waals surface area (Å²) in [6.07, 6.45) is 2.59. The molecular weight excluding hydrogens is 352 g/mol. The lowest BCUT2D eigenvalue weighted by Crippen LogP contribution is -2.07. The van der Waals surface area contributed by atoms with Crippen LogP contribution in [0.4, 0.5) is 15.8 Å². The quantitative estimate of drug-likeness (QED) is 0.648. The number of anilines is 2. The van der Waals surface area contributed by atoms with Crippen LogP contribution in [0, 0.1) is 9.39 Å². The van der Waals surface area contributed by atoms with Gasteiger partial charge >= 0.3 is 0 Å². The first-order valence-corrected chi connectivity index (χ1v) is 6.99. The number of thiazole rings is 1. The van der Waals surface area contributed by atoms with Crippen LogP contribution in [-0.4, -0.2) is 11.5 Å². The molecule has 3 nitrogen and oxygen atoms in total. The summed E-state index contributed by atoms with van der Waals surface area (Å²) in [5, 5.41) is 6.11. The molecule has 2 rings (SSSR count). The molecule has 0 aliphatic rings. The van der Waals surface area contributed by atoms with Gasteiger partial charge in [-0.15, -0.1) is 11.3 Å². The van der Waals surface area contributed by atoms with E-state index in [1.54, 1.807) is 23.6 Å². The Bertz CT molecular complexity index is 502. The molecule has 0 bridgehead atoms. The second kappa shape index (κ2) is 5.63. The molecule has 90 valence electrons. The summed E-state index contributed by atoms with van der Waals surface area (Å²) in [5.74, 6) is -0.253. The zero-order valence-corrected chi connectivity index (χ0v) is 11.9. The van der Waals surface area contributed by atoms with Crippen molar-refractivity contribution in [3.8, 4) is 0 Å². The number of aromatic nitrogens is 1. The first-order valence-electron chi connectivity index (χ1n) is 5.03. The average molecular weight is 363 g/mol. The van der Waals surface area contributed by atoms with Crippen LogP contribution in [0.2, 0.25) is 0 Å². The number of benzene rings is 1. The van der Waals surface area contributed by atoms with E-state index in [9.17, 15) is 4.39 Å². The highest BCUT2D eigenvalue weighted by Gasteiger charge is 2.05. The molecule has 0 fully saturated rings. The molecule has 0 atom stereocenters. The predicted octanol–water partition coefficient (Wildman–Crippen LogP) is 3.12. The number of hydrogen-bond donors (Lipinski definition) is 2. The Hall–Kier alpha value is -0.890. The minimum Gasteiger partial charge on any atom is -0.397 e. The molecule has 1 aromatic heterocycles. The van der Waals surface area contributed by atoms with Gasteiger partial charge in [-0.05, 0) is 28.7 Å². The van der Waals surface area contributed by atoms with Crippen LogP contribution in [0.5, 0.6) is 0 Å². The van der Waals surface area contributed by atoms with E-state index in [1.165, 1.54) is 6.07 Å². The fourth-order valence-corrected chi connectivity index (χ4v) is 2.51. The molecule has 0 saturated carbocycles.